The number of thiophene rings is 2. The van der Waals surface area contributed by atoms with Crippen LogP contribution in [0.2, 0.25) is 0 Å². The summed E-state index contributed by atoms with van der Waals surface area (Å²) in [5.41, 5.74) is 1.53. The van der Waals surface area contributed by atoms with E-state index in [2.05, 4.69) is 4.98 Å². The Bertz CT molecular complexity index is 947. The maximum atomic E-state index is 12.6. The van der Waals surface area contributed by atoms with E-state index >= 15 is 0 Å². The Kier molecular flexibility index (Phi) is 3.74. The molecule has 0 saturated heterocycles. The summed E-state index contributed by atoms with van der Waals surface area (Å²) in [7, 11) is 0. The van der Waals surface area contributed by atoms with Crippen molar-refractivity contribution >= 4 is 38.7 Å². The van der Waals surface area contributed by atoms with Gasteiger partial charge >= 0.3 is 0 Å². The number of fused-ring (bicyclic) bond motifs is 1. The number of rotatable bonds is 3. The first kappa shape index (κ1) is 15.1. The Hall–Kier alpha value is -1.79. The van der Waals surface area contributed by atoms with Gasteiger partial charge in [0, 0.05) is 20.2 Å². The second-order valence-electron chi connectivity index (χ2n) is 5.39. The minimum Gasteiger partial charge on any atom is -0.292 e. The van der Waals surface area contributed by atoms with Crippen LogP contribution in [0, 0.1) is 27.7 Å². The second-order valence-corrected chi connectivity index (χ2v) is 8.05. The van der Waals surface area contributed by atoms with Crippen LogP contribution in [0.4, 0.5) is 0 Å². The molecule has 0 spiro atoms. The van der Waals surface area contributed by atoms with Gasteiger partial charge < -0.3 is 0 Å². The highest BCUT2D eigenvalue weighted by Gasteiger charge is 2.16. The second kappa shape index (κ2) is 5.44. The Morgan fingerprint density at radius 3 is 2.55 bits per heavy atom. The minimum atomic E-state index is -0.134. The summed E-state index contributed by atoms with van der Waals surface area (Å²) in [5.74, 6) is -0.0466. The Morgan fingerprint density at radius 1 is 1.18 bits per heavy atom. The van der Waals surface area contributed by atoms with E-state index in [1.165, 1.54) is 22.2 Å². The fraction of sp³-hybridized carbons (Fsp3) is 0.312. The van der Waals surface area contributed by atoms with Gasteiger partial charge in [-0.15, -0.1) is 22.7 Å². The first-order chi connectivity index (χ1) is 10.4. The van der Waals surface area contributed by atoms with Crippen molar-refractivity contribution in [1.29, 1.82) is 0 Å². The quantitative estimate of drug-likeness (QED) is 0.688. The number of hydrogen-bond donors (Lipinski definition) is 0. The largest absolute Gasteiger partial charge is 0.292 e. The lowest BCUT2D eigenvalue weighted by molar-refractivity contribution is 0.0970. The average Bonchev–Trinajstić information content (AvgIpc) is 2.94. The smallest absolute Gasteiger partial charge is 0.262 e. The van der Waals surface area contributed by atoms with Crippen molar-refractivity contribution in [2.75, 3.05) is 0 Å². The van der Waals surface area contributed by atoms with E-state index in [9.17, 15) is 9.59 Å². The van der Waals surface area contributed by atoms with Crippen LogP contribution in [-0.4, -0.2) is 15.3 Å². The van der Waals surface area contributed by atoms with E-state index in [-0.39, 0.29) is 17.9 Å². The van der Waals surface area contributed by atoms with Crippen LogP contribution in [0.5, 0.6) is 0 Å². The first-order valence-electron chi connectivity index (χ1n) is 6.94. The third kappa shape index (κ3) is 2.42. The third-order valence-corrected chi connectivity index (χ3v) is 5.89. The number of aryl methyl sites for hydroxylation is 4. The zero-order valence-electron chi connectivity index (χ0n) is 12.9. The lowest BCUT2D eigenvalue weighted by Crippen LogP contribution is -2.24. The fourth-order valence-electron chi connectivity index (χ4n) is 2.53. The number of carbonyl (C=O) groups is 1. The van der Waals surface area contributed by atoms with E-state index in [0.717, 1.165) is 25.0 Å². The van der Waals surface area contributed by atoms with Crippen molar-refractivity contribution in [3.8, 4) is 0 Å². The molecule has 3 aromatic rings. The highest BCUT2D eigenvalue weighted by atomic mass is 32.1. The van der Waals surface area contributed by atoms with Gasteiger partial charge in [0.1, 0.15) is 4.83 Å². The molecule has 0 amide bonds. The molecule has 0 unspecified atom stereocenters. The maximum Gasteiger partial charge on any atom is 0.262 e. The highest BCUT2D eigenvalue weighted by molar-refractivity contribution is 7.18. The zero-order valence-corrected chi connectivity index (χ0v) is 14.5. The molecule has 22 heavy (non-hydrogen) atoms. The SMILES string of the molecule is Cc1cc(C(=O)Cn2cnc3sc(C)c(C)c3c2=O)c(C)s1. The summed E-state index contributed by atoms with van der Waals surface area (Å²) in [6.07, 6.45) is 1.48. The molecule has 114 valence electrons. The highest BCUT2D eigenvalue weighted by Crippen LogP contribution is 2.25. The van der Waals surface area contributed by atoms with Crippen molar-refractivity contribution in [3.05, 3.63) is 48.5 Å². The van der Waals surface area contributed by atoms with E-state index in [1.54, 1.807) is 11.3 Å². The molecule has 3 rings (SSSR count). The monoisotopic (exact) mass is 332 g/mol. The van der Waals surface area contributed by atoms with Gasteiger partial charge in [-0.25, -0.2) is 4.98 Å². The number of nitrogens with zero attached hydrogens (tertiary/aromatic N) is 2. The molecule has 0 radical (unpaired) electrons. The molecule has 6 heteroatoms. The molecule has 0 aliphatic rings. The molecule has 0 saturated carbocycles. The Balaban J connectivity index is 2.03. The summed E-state index contributed by atoms with van der Waals surface area (Å²) < 4.78 is 1.41. The fourth-order valence-corrected chi connectivity index (χ4v) is 4.46. The molecule has 3 heterocycles. The molecule has 0 aliphatic heterocycles. The van der Waals surface area contributed by atoms with Gasteiger partial charge in [-0.3, -0.25) is 14.2 Å². The maximum absolute atomic E-state index is 12.6. The molecule has 4 nitrogen and oxygen atoms in total. The lowest BCUT2D eigenvalue weighted by Gasteiger charge is -2.04. The van der Waals surface area contributed by atoms with Gasteiger partial charge in [0.25, 0.3) is 5.56 Å². The number of ketones is 1. The van der Waals surface area contributed by atoms with E-state index in [0.29, 0.717) is 10.9 Å². The summed E-state index contributed by atoms with van der Waals surface area (Å²) >= 11 is 3.11. The molecule has 0 aliphatic carbocycles. The number of hydrogen-bond acceptors (Lipinski definition) is 5. The van der Waals surface area contributed by atoms with Gasteiger partial charge in [0.15, 0.2) is 5.78 Å². The van der Waals surface area contributed by atoms with Crippen molar-refractivity contribution in [2.45, 2.75) is 34.2 Å². The molecule has 3 aromatic heterocycles. The van der Waals surface area contributed by atoms with Gasteiger partial charge in [-0.05, 0) is 39.3 Å². The van der Waals surface area contributed by atoms with Crippen LogP contribution < -0.4 is 5.56 Å². The zero-order chi connectivity index (χ0) is 16.0. The minimum absolute atomic E-state index is 0.0348. The van der Waals surface area contributed by atoms with Crippen molar-refractivity contribution in [2.24, 2.45) is 0 Å². The van der Waals surface area contributed by atoms with Gasteiger partial charge in [-0.1, -0.05) is 0 Å². The van der Waals surface area contributed by atoms with Gasteiger partial charge in [0.2, 0.25) is 0 Å². The van der Waals surface area contributed by atoms with Crippen molar-refractivity contribution in [1.82, 2.24) is 9.55 Å². The van der Waals surface area contributed by atoms with E-state index in [1.807, 2.05) is 33.8 Å². The summed E-state index contributed by atoms with van der Waals surface area (Å²) in [6, 6.07) is 1.89. The molecular formula is C16H16N2O2S2. The summed E-state index contributed by atoms with van der Waals surface area (Å²) in [5, 5.41) is 0.635. The number of aromatic nitrogens is 2. The normalized spacial score (nSPS) is 11.3. The summed E-state index contributed by atoms with van der Waals surface area (Å²) in [4.78, 5) is 33.3. The standard InChI is InChI=1S/C16H16N2O2S2/c1-8-5-12(11(4)21-8)13(19)6-18-7-17-15-14(16(18)20)9(2)10(3)22-15/h5,7H,6H2,1-4H3. The molecule has 0 atom stereocenters. The Morgan fingerprint density at radius 2 is 1.91 bits per heavy atom. The van der Waals surface area contributed by atoms with Crippen molar-refractivity contribution in [3.63, 3.8) is 0 Å². The van der Waals surface area contributed by atoms with E-state index < -0.39 is 0 Å². The predicted octanol–water partition coefficient (Wildman–Crippen LogP) is 3.64. The number of Topliss-reactive ketones (excluding diaryl/α,β-unsaturated/α-hetero) is 1. The number of carbonyl (C=O) groups excluding carboxylic acids is 1. The molecule has 0 bridgehead atoms. The molecule has 0 N–H and O–H groups in total. The van der Waals surface area contributed by atoms with E-state index in [4.69, 9.17) is 0 Å². The predicted molar refractivity (Wildman–Crippen MR) is 91.5 cm³/mol. The van der Waals surface area contributed by atoms with Crippen LogP contribution in [0.3, 0.4) is 0 Å². The third-order valence-electron chi connectivity index (χ3n) is 3.81. The van der Waals surface area contributed by atoms with Crippen LogP contribution in [0.15, 0.2) is 17.2 Å². The molecule has 0 aromatic carbocycles. The van der Waals surface area contributed by atoms with Gasteiger partial charge in [0.05, 0.1) is 18.3 Å². The lowest BCUT2D eigenvalue weighted by atomic mass is 10.1. The topological polar surface area (TPSA) is 52.0 Å². The Labute approximate surface area is 136 Å². The van der Waals surface area contributed by atoms with Crippen molar-refractivity contribution < 1.29 is 4.79 Å². The van der Waals surface area contributed by atoms with Gasteiger partial charge in [-0.2, -0.15) is 0 Å². The molecule has 0 fully saturated rings. The van der Waals surface area contributed by atoms with Crippen LogP contribution in [-0.2, 0) is 6.54 Å². The van der Waals surface area contributed by atoms with Crippen LogP contribution >= 0.6 is 22.7 Å². The molecular weight excluding hydrogens is 316 g/mol. The summed E-state index contributed by atoms with van der Waals surface area (Å²) in [6.45, 7) is 7.85. The first-order valence-corrected chi connectivity index (χ1v) is 8.57. The van der Waals surface area contributed by atoms with Crippen LogP contribution in [0.25, 0.3) is 10.2 Å². The van der Waals surface area contributed by atoms with Crippen LogP contribution in [0.1, 0.15) is 30.6 Å². The average molecular weight is 332 g/mol.